The van der Waals surface area contributed by atoms with Crippen LogP contribution in [0.3, 0.4) is 0 Å². The molecule has 4 rings (SSSR count). The molecule has 2 atom stereocenters. The molecule has 0 aromatic rings. The van der Waals surface area contributed by atoms with Crippen LogP contribution in [0.4, 0.5) is 0 Å². The summed E-state index contributed by atoms with van der Waals surface area (Å²) >= 11 is 0. The number of amides is 1. The minimum atomic E-state index is -0.0276. The summed E-state index contributed by atoms with van der Waals surface area (Å²) < 4.78 is 0.812. The van der Waals surface area contributed by atoms with Gasteiger partial charge in [-0.2, -0.15) is 0 Å². The van der Waals surface area contributed by atoms with Crippen molar-refractivity contribution in [1.82, 2.24) is 5.43 Å². The molecule has 4 heteroatoms. The van der Waals surface area contributed by atoms with E-state index in [9.17, 15) is 4.79 Å². The fourth-order valence-electron chi connectivity index (χ4n) is 7.52. The van der Waals surface area contributed by atoms with Crippen LogP contribution in [0.2, 0.25) is 0 Å². The molecule has 4 fully saturated rings. The van der Waals surface area contributed by atoms with E-state index >= 15 is 0 Å². The largest absolute Gasteiger partial charge is 1.00 e. The number of carbonyl (C=O) groups excluding carboxylic acids is 1. The van der Waals surface area contributed by atoms with Crippen molar-refractivity contribution in [2.45, 2.75) is 130 Å². The van der Waals surface area contributed by atoms with Crippen molar-refractivity contribution in [3.8, 4) is 0 Å². The first-order valence-corrected chi connectivity index (χ1v) is 13.7. The summed E-state index contributed by atoms with van der Waals surface area (Å²) in [4.78, 5) is 13.8. The van der Waals surface area contributed by atoms with Crippen molar-refractivity contribution < 1.29 is 26.4 Å². The van der Waals surface area contributed by atoms with Gasteiger partial charge in [0.15, 0.2) is 0 Å². The summed E-state index contributed by atoms with van der Waals surface area (Å²) in [5, 5.41) is 0. The van der Waals surface area contributed by atoms with Crippen molar-refractivity contribution in [3.05, 3.63) is 0 Å². The van der Waals surface area contributed by atoms with Crippen LogP contribution in [0.15, 0.2) is 0 Å². The van der Waals surface area contributed by atoms with Crippen LogP contribution in [0.1, 0.15) is 124 Å². The van der Waals surface area contributed by atoms with E-state index in [1.54, 1.807) is 0 Å². The van der Waals surface area contributed by atoms with Crippen molar-refractivity contribution in [2.24, 2.45) is 23.2 Å². The first-order valence-electron chi connectivity index (χ1n) is 13.7. The fourth-order valence-corrected chi connectivity index (χ4v) is 7.52. The normalized spacial score (nSPS) is 31.7. The number of rotatable bonds is 14. The first kappa shape index (κ1) is 27.2. The number of unbranched alkanes of at least 4 members (excludes halogenated alkanes) is 7. The summed E-state index contributed by atoms with van der Waals surface area (Å²) in [6.07, 6.45) is 19.7. The first-order chi connectivity index (χ1) is 14.5. The molecule has 1 amide bonds. The van der Waals surface area contributed by atoms with Crippen molar-refractivity contribution in [2.75, 3.05) is 13.1 Å². The number of nitrogens with one attached hydrogen (secondary N) is 1. The Bertz CT molecular complexity index is 516. The van der Waals surface area contributed by atoms with Crippen LogP contribution in [-0.4, -0.2) is 29.6 Å². The predicted octanol–water partition coefficient (Wildman–Crippen LogP) is 4.01. The zero-order chi connectivity index (χ0) is 21.6. The van der Waals surface area contributed by atoms with Crippen molar-refractivity contribution in [3.63, 3.8) is 0 Å². The molecule has 2 unspecified atom stereocenters. The average molecular weight is 500 g/mol. The zero-order valence-electron chi connectivity index (χ0n) is 21.1. The van der Waals surface area contributed by atoms with Crippen molar-refractivity contribution >= 4 is 5.91 Å². The third-order valence-electron chi connectivity index (χ3n) is 9.25. The topological polar surface area (TPSA) is 29.1 Å². The van der Waals surface area contributed by atoms with Crippen LogP contribution in [0.5, 0.6) is 0 Å². The molecule has 0 saturated heterocycles. The van der Waals surface area contributed by atoms with Crippen LogP contribution >= 0.6 is 0 Å². The maximum atomic E-state index is 13.8. The molecule has 4 aliphatic rings. The van der Waals surface area contributed by atoms with E-state index in [4.69, 9.17) is 0 Å². The van der Waals surface area contributed by atoms with Gasteiger partial charge in [-0.1, -0.05) is 52.4 Å². The number of halogens is 1. The lowest BCUT2D eigenvalue weighted by Gasteiger charge is -2.56. The average Bonchev–Trinajstić information content (AvgIpc) is 2.73. The number of nitrogens with zero attached hydrogens (tertiary/aromatic N) is 1. The highest BCUT2D eigenvalue weighted by atomic mass is 79.9. The Morgan fingerprint density at radius 1 is 0.871 bits per heavy atom. The Morgan fingerprint density at radius 3 is 1.81 bits per heavy atom. The molecule has 0 heterocycles. The van der Waals surface area contributed by atoms with Gasteiger partial charge in [0, 0.05) is 0 Å². The number of hydrogen-bond donors (Lipinski definition) is 1. The molecule has 4 aliphatic carbocycles. The zero-order valence-corrected chi connectivity index (χ0v) is 22.6. The molecule has 31 heavy (non-hydrogen) atoms. The molecule has 0 aliphatic heterocycles. The highest BCUT2D eigenvalue weighted by molar-refractivity contribution is 5.82. The Morgan fingerprint density at radius 2 is 1.35 bits per heavy atom. The lowest BCUT2D eigenvalue weighted by atomic mass is 9.49. The predicted molar refractivity (Wildman–Crippen MR) is 127 cm³/mol. The number of hydrogen-bond acceptors (Lipinski definition) is 1. The molecule has 4 saturated carbocycles. The second-order valence-corrected chi connectivity index (χ2v) is 11.4. The highest BCUT2D eigenvalue weighted by Gasteiger charge is 2.56. The van der Waals surface area contributed by atoms with Crippen molar-refractivity contribution in [1.29, 1.82) is 0 Å². The van der Waals surface area contributed by atoms with Gasteiger partial charge in [0.2, 0.25) is 0 Å². The SMILES string of the molecule is CCCCCCCCCC[N+](CC)(NC(=O)C12CC3CC(CC(C3)C1)C2)C(C)CC.[Br-]. The number of quaternary nitrogens is 1. The van der Waals surface area contributed by atoms with Crippen LogP contribution < -0.4 is 22.4 Å². The molecule has 1 N–H and O–H groups in total. The van der Waals surface area contributed by atoms with Gasteiger partial charge in [-0.3, -0.25) is 4.79 Å². The number of carbonyl (C=O) groups is 1. The third-order valence-corrected chi connectivity index (χ3v) is 9.25. The summed E-state index contributed by atoms with van der Waals surface area (Å²) in [5.41, 5.74) is 3.68. The van der Waals surface area contributed by atoms with E-state index in [1.165, 1.54) is 89.9 Å². The van der Waals surface area contributed by atoms with Crippen LogP contribution in [0.25, 0.3) is 0 Å². The maximum Gasteiger partial charge on any atom is 0.271 e. The lowest BCUT2D eigenvalue weighted by molar-refractivity contribution is -0.981. The molecule has 0 radical (unpaired) electrons. The van der Waals surface area contributed by atoms with Gasteiger partial charge in [0.1, 0.15) is 12.6 Å². The van der Waals surface area contributed by atoms with Gasteiger partial charge in [-0.05, 0) is 89.4 Å². The van der Waals surface area contributed by atoms with Gasteiger partial charge in [0.05, 0.1) is 12.0 Å². The summed E-state index contributed by atoms with van der Waals surface area (Å²) in [6, 6.07) is 0.498. The van der Waals surface area contributed by atoms with E-state index in [1.807, 2.05) is 0 Å². The van der Waals surface area contributed by atoms with E-state index in [2.05, 4.69) is 33.1 Å². The van der Waals surface area contributed by atoms with Crippen LogP contribution in [0, 0.1) is 23.2 Å². The minimum Gasteiger partial charge on any atom is -1.00 e. The molecular formula is C27H51BrN2O. The standard InChI is InChI=1S/C27H50N2O.BrH/c1-5-8-9-10-11-12-13-14-15-29(7-3,22(4)6-2)28-26(30)27-19-23-16-24(20-27)18-25(17-23)21-27;/h22-25H,5-21H2,1-4H3;1H. The van der Waals surface area contributed by atoms with Gasteiger partial charge in [-0.25, -0.2) is 10.0 Å². The smallest absolute Gasteiger partial charge is 0.271 e. The second-order valence-electron chi connectivity index (χ2n) is 11.4. The maximum absolute atomic E-state index is 13.8. The Balaban J connectivity index is 0.00000341. The Labute approximate surface area is 203 Å². The summed E-state index contributed by atoms with van der Waals surface area (Å²) in [7, 11) is 0. The molecule has 0 aromatic heterocycles. The summed E-state index contributed by atoms with van der Waals surface area (Å²) in [5.74, 6) is 2.92. The summed E-state index contributed by atoms with van der Waals surface area (Å²) in [6.45, 7) is 11.3. The monoisotopic (exact) mass is 498 g/mol. The second kappa shape index (κ2) is 12.4. The van der Waals surface area contributed by atoms with Gasteiger partial charge >= 0.3 is 0 Å². The van der Waals surface area contributed by atoms with E-state index in [0.717, 1.165) is 41.9 Å². The molecule has 182 valence electrons. The minimum absolute atomic E-state index is 0. The van der Waals surface area contributed by atoms with Gasteiger partial charge in [0.25, 0.3) is 5.91 Å². The lowest BCUT2D eigenvalue weighted by Crippen LogP contribution is -3.00. The van der Waals surface area contributed by atoms with E-state index < -0.39 is 0 Å². The van der Waals surface area contributed by atoms with E-state index in [-0.39, 0.29) is 22.4 Å². The molecule has 4 bridgehead atoms. The van der Waals surface area contributed by atoms with Crippen LogP contribution in [-0.2, 0) is 4.79 Å². The Hall–Kier alpha value is -0.0900. The Kier molecular flexibility index (Phi) is 10.9. The van der Waals surface area contributed by atoms with E-state index in [0.29, 0.717) is 11.9 Å². The fraction of sp³-hybridized carbons (Fsp3) is 0.963. The third kappa shape index (κ3) is 6.49. The molecule has 0 aromatic carbocycles. The quantitative estimate of drug-likeness (QED) is 0.218. The molecular weight excluding hydrogens is 448 g/mol. The molecule has 3 nitrogen and oxygen atoms in total. The van der Waals surface area contributed by atoms with Gasteiger partial charge in [-0.15, -0.1) is 0 Å². The van der Waals surface area contributed by atoms with Gasteiger partial charge < -0.3 is 17.0 Å². The molecule has 0 spiro atoms. The highest BCUT2D eigenvalue weighted by Crippen LogP contribution is 2.60.